The molecule has 3 aromatic rings. The van der Waals surface area contributed by atoms with Gasteiger partial charge < -0.3 is 15.0 Å². The zero-order chi connectivity index (χ0) is 24.5. The van der Waals surface area contributed by atoms with Crippen LogP contribution in [0.5, 0.6) is 5.75 Å². The first-order chi connectivity index (χ1) is 16.4. The van der Waals surface area contributed by atoms with Crippen molar-refractivity contribution in [3.63, 3.8) is 0 Å². The Bertz CT molecular complexity index is 1170. The van der Waals surface area contributed by atoms with Gasteiger partial charge in [-0.2, -0.15) is 0 Å². The average Bonchev–Trinajstić information content (AvgIpc) is 2.84. The van der Waals surface area contributed by atoms with Gasteiger partial charge in [0.1, 0.15) is 5.75 Å². The zero-order valence-corrected chi connectivity index (χ0v) is 21.4. The lowest BCUT2D eigenvalue weighted by molar-refractivity contribution is 0.0973. The first-order valence-electron chi connectivity index (χ1n) is 10.9. The van der Waals surface area contributed by atoms with Crippen LogP contribution in [0, 0.1) is 0 Å². The number of para-hydroxylation sites is 1. The Kier molecular flexibility index (Phi) is 9.18. The molecule has 176 valence electrons. The van der Waals surface area contributed by atoms with Gasteiger partial charge in [-0.05, 0) is 90.0 Å². The third-order valence-electron chi connectivity index (χ3n) is 4.88. The summed E-state index contributed by atoms with van der Waals surface area (Å²) in [5, 5.41) is 5.78. The van der Waals surface area contributed by atoms with E-state index in [0.29, 0.717) is 40.2 Å². The molecule has 0 unspecified atom stereocenters. The van der Waals surface area contributed by atoms with E-state index in [2.05, 4.69) is 26.6 Å². The number of thiocarbonyl (C=S) groups is 1. The molecule has 0 aromatic heterocycles. The summed E-state index contributed by atoms with van der Waals surface area (Å²) >= 11 is 8.75. The van der Waals surface area contributed by atoms with Crippen molar-refractivity contribution in [3.8, 4) is 5.75 Å². The predicted octanol–water partition coefficient (Wildman–Crippen LogP) is 6.03. The third kappa shape index (κ3) is 6.65. The van der Waals surface area contributed by atoms with Crippen molar-refractivity contribution >= 4 is 56.4 Å². The van der Waals surface area contributed by atoms with E-state index in [1.165, 1.54) is 0 Å². The molecule has 0 saturated heterocycles. The second kappa shape index (κ2) is 12.3. The molecular formula is C26H26BrN3O3S. The highest BCUT2D eigenvalue weighted by Gasteiger charge is 2.17. The summed E-state index contributed by atoms with van der Waals surface area (Å²) in [7, 11) is 0. The lowest BCUT2D eigenvalue weighted by Crippen LogP contribution is -2.34. The summed E-state index contributed by atoms with van der Waals surface area (Å²) in [5.74, 6) is 0.202. The minimum absolute atomic E-state index is 0.123. The fraction of sp³-hybridized carbons (Fsp3) is 0.192. The van der Waals surface area contributed by atoms with Gasteiger partial charge in [-0.15, -0.1) is 0 Å². The average molecular weight is 540 g/mol. The number of halogens is 1. The van der Waals surface area contributed by atoms with Crippen LogP contribution in [0.2, 0.25) is 0 Å². The molecule has 0 aliphatic heterocycles. The largest absolute Gasteiger partial charge is 0.492 e. The van der Waals surface area contributed by atoms with Gasteiger partial charge in [0.05, 0.1) is 11.1 Å². The molecule has 34 heavy (non-hydrogen) atoms. The first-order valence-corrected chi connectivity index (χ1v) is 12.1. The number of benzene rings is 3. The Morgan fingerprint density at radius 1 is 0.971 bits per heavy atom. The summed E-state index contributed by atoms with van der Waals surface area (Å²) < 4.78 is 6.31. The van der Waals surface area contributed by atoms with E-state index < -0.39 is 0 Å². The molecule has 0 spiro atoms. The Morgan fingerprint density at radius 3 is 2.41 bits per heavy atom. The van der Waals surface area contributed by atoms with Crippen LogP contribution in [-0.2, 0) is 0 Å². The van der Waals surface area contributed by atoms with E-state index in [1.807, 2.05) is 44.2 Å². The topological polar surface area (TPSA) is 70.7 Å². The zero-order valence-electron chi connectivity index (χ0n) is 19.0. The molecule has 0 heterocycles. The number of carbonyl (C=O) groups is 2. The van der Waals surface area contributed by atoms with E-state index >= 15 is 0 Å². The van der Waals surface area contributed by atoms with E-state index in [4.69, 9.17) is 17.0 Å². The number of hydrogen-bond donors (Lipinski definition) is 2. The number of anilines is 2. The van der Waals surface area contributed by atoms with Crippen LogP contribution in [0.4, 0.5) is 11.4 Å². The molecule has 2 N–H and O–H groups in total. The molecule has 0 fully saturated rings. The predicted molar refractivity (Wildman–Crippen MR) is 144 cm³/mol. The van der Waals surface area contributed by atoms with Crippen molar-refractivity contribution in [2.75, 3.05) is 23.4 Å². The van der Waals surface area contributed by atoms with Crippen molar-refractivity contribution in [1.82, 2.24) is 5.32 Å². The standard InChI is InChI=1S/C26H26BrN3O3S/c1-3-15-33-23-14-13-18(17-22(23)27)24(31)29-26(34)28-20-10-8-9-19(16-20)25(32)30(4-2)21-11-6-5-7-12-21/h5-14,16-17H,3-4,15H2,1-2H3,(H2,28,29,31,34). The van der Waals surface area contributed by atoms with Gasteiger partial charge in [-0.3, -0.25) is 14.9 Å². The smallest absolute Gasteiger partial charge is 0.258 e. The van der Waals surface area contributed by atoms with Gasteiger partial charge in [-0.25, -0.2) is 0 Å². The minimum Gasteiger partial charge on any atom is -0.492 e. The molecule has 0 saturated carbocycles. The minimum atomic E-state index is -0.353. The molecule has 2 amide bonds. The second-order valence-electron chi connectivity index (χ2n) is 7.37. The fourth-order valence-electron chi connectivity index (χ4n) is 3.25. The van der Waals surface area contributed by atoms with Crippen LogP contribution in [0.15, 0.2) is 77.3 Å². The molecule has 0 aliphatic carbocycles. The number of ether oxygens (including phenoxy) is 1. The van der Waals surface area contributed by atoms with Gasteiger partial charge in [-0.1, -0.05) is 31.2 Å². The van der Waals surface area contributed by atoms with Crippen molar-refractivity contribution in [1.29, 1.82) is 0 Å². The lowest BCUT2D eigenvalue weighted by atomic mass is 10.1. The van der Waals surface area contributed by atoms with Crippen molar-refractivity contribution in [2.24, 2.45) is 0 Å². The van der Waals surface area contributed by atoms with Crippen molar-refractivity contribution in [3.05, 3.63) is 88.4 Å². The summed E-state index contributed by atoms with van der Waals surface area (Å²) in [4.78, 5) is 27.4. The number of nitrogens with one attached hydrogen (secondary N) is 2. The molecule has 0 aliphatic rings. The molecular weight excluding hydrogens is 514 g/mol. The Morgan fingerprint density at radius 2 is 1.74 bits per heavy atom. The maximum atomic E-state index is 13.1. The molecule has 6 nitrogen and oxygen atoms in total. The number of amides is 2. The monoisotopic (exact) mass is 539 g/mol. The van der Waals surface area contributed by atoms with E-state index in [0.717, 1.165) is 12.1 Å². The maximum Gasteiger partial charge on any atom is 0.258 e. The summed E-state index contributed by atoms with van der Waals surface area (Å²) in [6, 6.07) is 21.6. The van der Waals surface area contributed by atoms with Crippen molar-refractivity contribution in [2.45, 2.75) is 20.3 Å². The van der Waals surface area contributed by atoms with Gasteiger partial charge in [0.25, 0.3) is 11.8 Å². The Labute approximate surface area is 213 Å². The number of hydrogen-bond acceptors (Lipinski definition) is 4. The Balaban J connectivity index is 1.65. The van der Waals surface area contributed by atoms with Gasteiger partial charge in [0.2, 0.25) is 0 Å². The van der Waals surface area contributed by atoms with E-state index in [-0.39, 0.29) is 16.9 Å². The van der Waals surface area contributed by atoms with Crippen LogP contribution < -0.4 is 20.3 Å². The van der Waals surface area contributed by atoms with Gasteiger partial charge in [0.15, 0.2) is 5.11 Å². The molecule has 3 rings (SSSR count). The van der Waals surface area contributed by atoms with E-state index in [9.17, 15) is 9.59 Å². The third-order valence-corrected chi connectivity index (χ3v) is 5.70. The molecule has 0 atom stereocenters. The van der Waals surface area contributed by atoms with Gasteiger partial charge >= 0.3 is 0 Å². The highest BCUT2D eigenvalue weighted by atomic mass is 79.9. The van der Waals surface area contributed by atoms with Crippen LogP contribution in [0.25, 0.3) is 0 Å². The highest BCUT2D eigenvalue weighted by molar-refractivity contribution is 9.10. The SMILES string of the molecule is CCCOc1ccc(C(=O)NC(=S)Nc2cccc(C(=O)N(CC)c3ccccc3)c2)cc1Br. The van der Waals surface area contributed by atoms with E-state index in [1.54, 1.807) is 47.4 Å². The number of carbonyl (C=O) groups excluding carboxylic acids is 2. The lowest BCUT2D eigenvalue weighted by Gasteiger charge is -2.21. The van der Waals surface area contributed by atoms with Crippen LogP contribution in [-0.4, -0.2) is 30.1 Å². The Hall–Kier alpha value is -3.23. The summed E-state index contributed by atoms with van der Waals surface area (Å²) in [6.45, 7) is 5.09. The first kappa shape index (κ1) is 25.4. The summed E-state index contributed by atoms with van der Waals surface area (Å²) in [5.41, 5.74) is 2.37. The van der Waals surface area contributed by atoms with Crippen molar-refractivity contribution < 1.29 is 14.3 Å². The fourth-order valence-corrected chi connectivity index (χ4v) is 3.95. The number of nitrogens with zero attached hydrogens (tertiary/aromatic N) is 1. The highest BCUT2D eigenvalue weighted by Crippen LogP contribution is 2.26. The molecule has 3 aromatic carbocycles. The van der Waals surface area contributed by atoms with Gasteiger partial charge in [0, 0.05) is 29.0 Å². The van der Waals surface area contributed by atoms with Crippen LogP contribution in [0.1, 0.15) is 41.0 Å². The van der Waals surface area contributed by atoms with Crippen LogP contribution >= 0.6 is 28.1 Å². The molecule has 0 radical (unpaired) electrons. The maximum absolute atomic E-state index is 13.1. The molecule has 8 heteroatoms. The summed E-state index contributed by atoms with van der Waals surface area (Å²) in [6.07, 6.45) is 0.893. The quantitative estimate of drug-likeness (QED) is 0.342. The second-order valence-corrected chi connectivity index (χ2v) is 8.63. The number of rotatable bonds is 8. The van der Waals surface area contributed by atoms with Crippen LogP contribution in [0.3, 0.4) is 0 Å². The normalized spacial score (nSPS) is 10.3. The molecule has 0 bridgehead atoms.